The van der Waals surface area contributed by atoms with Crippen LogP contribution in [-0.4, -0.2) is 11.4 Å². The van der Waals surface area contributed by atoms with E-state index < -0.39 is 0 Å². The first-order chi connectivity index (χ1) is 4.47. The second kappa shape index (κ2) is 2.11. The Kier molecular flexibility index (Phi) is 1.55. The van der Waals surface area contributed by atoms with Crippen LogP contribution >= 0.6 is 0 Å². The molecule has 56 valence electrons. The van der Waals surface area contributed by atoms with Gasteiger partial charge in [-0.3, -0.25) is 4.79 Å². The Morgan fingerprint density at radius 3 is 2.30 bits per heavy atom. The van der Waals surface area contributed by atoms with Crippen LogP contribution in [0, 0.1) is 0 Å². The van der Waals surface area contributed by atoms with Gasteiger partial charge in [-0.05, 0) is 20.8 Å². The van der Waals surface area contributed by atoms with Gasteiger partial charge in [0.05, 0.1) is 6.42 Å². The SMILES string of the molecule is CC(C)(C)OC1=CC(=O)C1. The molecule has 0 amide bonds. The minimum atomic E-state index is -0.160. The highest BCUT2D eigenvalue weighted by atomic mass is 16.5. The summed E-state index contributed by atoms with van der Waals surface area (Å²) in [5.74, 6) is 0.983. The van der Waals surface area contributed by atoms with Crippen LogP contribution in [0.4, 0.5) is 0 Å². The van der Waals surface area contributed by atoms with Crippen molar-refractivity contribution in [3.05, 3.63) is 11.8 Å². The summed E-state index contributed by atoms with van der Waals surface area (Å²) < 4.78 is 5.38. The van der Waals surface area contributed by atoms with Gasteiger partial charge >= 0.3 is 0 Å². The lowest BCUT2D eigenvalue weighted by molar-refractivity contribution is -0.117. The second-order valence-electron chi connectivity index (χ2n) is 3.47. The third-order valence-electron chi connectivity index (χ3n) is 1.11. The maximum absolute atomic E-state index is 10.4. The van der Waals surface area contributed by atoms with Gasteiger partial charge in [0, 0.05) is 6.08 Å². The van der Waals surface area contributed by atoms with Crippen LogP contribution in [0.5, 0.6) is 0 Å². The molecule has 1 rings (SSSR count). The molecule has 1 aliphatic carbocycles. The van der Waals surface area contributed by atoms with Crippen molar-refractivity contribution < 1.29 is 9.53 Å². The monoisotopic (exact) mass is 140 g/mol. The lowest BCUT2D eigenvalue weighted by Gasteiger charge is -2.25. The van der Waals surface area contributed by atoms with Crippen molar-refractivity contribution in [2.24, 2.45) is 0 Å². The van der Waals surface area contributed by atoms with Gasteiger partial charge in [-0.15, -0.1) is 0 Å². The summed E-state index contributed by atoms with van der Waals surface area (Å²) in [6.45, 7) is 5.91. The zero-order chi connectivity index (χ0) is 7.78. The predicted octanol–water partition coefficient (Wildman–Crippen LogP) is 1.66. The maximum Gasteiger partial charge on any atom is 0.166 e. The van der Waals surface area contributed by atoms with Crippen LogP contribution in [0.25, 0.3) is 0 Å². The normalized spacial score (nSPS) is 17.9. The Bertz CT molecular complexity index is 184. The first-order valence-electron chi connectivity index (χ1n) is 3.40. The zero-order valence-electron chi connectivity index (χ0n) is 6.60. The van der Waals surface area contributed by atoms with Gasteiger partial charge in [0.2, 0.25) is 0 Å². The van der Waals surface area contributed by atoms with E-state index in [4.69, 9.17) is 4.74 Å². The van der Waals surface area contributed by atoms with Crippen LogP contribution in [0.1, 0.15) is 27.2 Å². The van der Waals surface area contributed by atoms with Gasteiger partial charge in [-0.25, -0.2) is 0 Å². The number of hydrogen-bond donors (Lipinski definition) is 0. The molecule has 0 saturated carbocycles. The lowest BCUT2D eigenvalue weighted by atomic mass is 10.1. The molecule has 0 fully saturated rings. The standard InChI is InChI=1S/C8H12O2/c1-8(2,3)10-7-4-6(9)5-7/h4H,5H2,1-3H3. The Morgan fingerprint density at radius 2 is 2.00 bits per heavy atom. The van der Waals surface area contributed by atoms with Crippen molar-refractivity contribution in [1.29, 1.82) is 0 Å². The number of ether oxygens (including phenoxy) is 1. The molecule has 0 aliphatic heterocycles. The van der Waals surface area contributed by atoms with Gasteiger partial charge in [0.15, 0.2) is 5.78 Å². The highest BCUT2D eigenvalue weighted by Gasteiger charge is 2.21. The quantitative estimate of drug-likeness (QED) is 0.553. The molecular weight excluding hydrogens is 128 g/mol. The molecule has 0 saturated heterocycles. The van der Waals surface area contributed by atoms with E-state index in [9.17, 15) is 4.79 Å². The van der Waals surface area contributed by atoms with Crippen molar-refractivity contribution in [1.82, 2.24) is 0 Å². The van der Waals surface area contributed by atoms with Crippen molar-refractivity contribution in [2.45, 2.75) is 32.8 Å². The van der Waals surface area contributed by atoms with Crippen LogP contribution in [0.3, 0.4) is 0 Å². The maximum atomic E-state index is 10.4. The number of hydrogen-bond acceptors (Lipinski definition) is 2. The van der Waals surface area contributed by atoms with Crippen LogP contribution in [-0.2, 0) is 9.53 Å². The third-order valence-corrected chi connectivity index (χ3v) is 1.11. The van der Waals surface area contributed by atoms with Gasteiger partial charge in [0.1, 0.15) is 11.4 Å². The van der Waals surface area contributed by atoms with Gasteiger partial charge < -0.3 is 4.74 Å². The van der Waals surface area contributed by atoms with Gasteiger partial charge in [0.25, 0.3) is 0 Å². The zero-order valence-corrected chi connectivity index (χ0v) is 6.60. The first kappa shape index (κ1) is 7.32. The van der Waals surface area contributed by atoms with E-state index in [2.05, 4.69) is 0 Å². The number of rotatable bonds is 1. The fourth-order valence-electron chi connectivity index (χ4n) is 0.781. The molecule has 0 unspecified atom stereocenters. The van der Waals surface area contributed by atoms with Crippen molar-refractivity contribution in [3.8, 4) is 0 Å². The topological polar surface area (TPSA) is 26.3 Å². The Morgan fingerprint density at radius 1 is 1.50 bits per heavy atom. The number of allylic oxidation sites excluding steroid dienone is 2. The molecule has 0 bridgehead atoms. The Balaban J connectivity index is 2.42. The summed E-state index contributed by atoms with van der Waals surface area (Å²) >= 11 is 0. The molecule has 0 aromatic carbocycles. The van der Waals surface area contributed by atoms with E-state index in [-0.39, 0.29) is 11.4 Å². The Labute approximate surface area is 60.9 Å². The molecular formula is C8H12O2. The average molecular weight is 140 g/mol. The second-order valence-corrected chi connectivity index (χ2v) is 3.47. The van der Waals surface area contributed by atoms with Gasteiger partial charge in [-0.2, -0.15) is 0 Å². The number of carbonyl (C=O) groups excluding carboxylic acids is 1. The van der Waals surface area contributed by atoms with Crippen LogP contribution in [0.15, 0.2) is 11.8 Å². The fourth-order valence-corrected chi connectivity index (χ4v) is 0.781. The van der Waals surface area contributed by atoms with E-state index in [0.29, 0.717) is 6.42 Å². The predicted molar refractivity (Wildman–Crippen MR) is 38.5 cm³/mol. The molecule has 0 atom stereocenters. The molecule has 0 heterocycles. The summed E-state index contributed by atoms with van der Waals surface area (Å²) in [4.78, 5) is 10.4. The van der Waals surface area contributed by atoms with Crippen molar-refractivity contribution in [2.75, 3.05) is 0 Å². The van der Waals surface area contributed by atoms with Crippen molar-refractivity contribution in [3.63, 3.8) is 0 Å². The average Bonchev–Trinajstić information content (AvgIpc) is 1.57. The molecule has 1 aliphatic rings. The fraction of sp³-hybridized carbons (Fsp3) is 0.625. The van der Waals surface area contributed by atoms with E-state index in [1.807, 2.05) is 20.8 Å². The number of carbonyl (C=O) groups is 1. The van der Waals surface area contributed by atoms with Crippen LogP contribution < -0.4 is 0 Å². The van der Waals surface area contributed by atoms with Gasteiger partial charge in [-0.1, -0.05) is 0 Å². The highest BCUT2D eigenvalue weighted by Crippen LogP contribution is 2.22. The molecule has 2 nitrogen and oxygen atoms in total. The minimum Gasteiger partial charge on any atom is -0.492 e. The Hall–Kier alpha value is -0.790. The third kappa shape index (κ3) is 1.87. The minimum absolute atomic E-state index is 0.160. The smallest absolute Gasteiger partial charge is 0.166 e. The largest absolute Gasteiger partial charge is 0.492 e. The molecule has 0 radical (unpaired) electrons. The number of ketones is 1. The van der Waals surface area contributed by atoms with E-state index in [1.165, 1.54) is 0 Å². The molecule has 0 aromatic rings. The summed E-state index contributed by atoms with van der Waals surface area (Å²) in [5.41, 5.74) is -0.160. The summed E-state index contributed by atoms with van der Waals surface area (Å²) in [7, 11) is 0. The molecule has 0 N–H and O–H groups in total. The molecule has 0 spiro atoms. The summed E-state index contributed by atoms with van der Waals surface area (Å²) in [6.07, 6.45) is 2.03. The van der Waals surface area contributed by atoms with E-state index in [0.717, 1.165) is 5.76 Å². The first-order valence-corrected chi connectivity index (χ1v) is 3.40. The molecule has 0 aromatic heterocycles. The molecule has 2 heteroatoms. The lowest BCUT2D eigenvalue weighted by Crippen LogP contribution is -2.23. The molecule has 10 heavy (non-hydrogen) atoms. The summed E-state index contributed by atoms with van der Waals surface area (Å²) in [5, 5.41) is 0. The van der Waals surface area contributed by atoms with Crippen LogP contribution in [0.2, 0.25) is 0 Å². The summed E-state index contributed by atoms with van der Waals surface area (Å²) in [6, 6.07) is 0. The highest BCUT2D eigenvalue weighted by molar-refractivity contribution is 5.98. The van der Waals surface area contributed by atoms with E-state index in [1.54, 1.807) is 6.08 Å². The van der Waals surface area contributed by atoms with Crippen molar-refractivity contribution >= 4 is 5.78 Å². The van der Waals surface area contributed by atoms with E-state index >= 15 is 0 Å².